The lowest BCUT2D eigenvalue weighted by Crippen LogP contribution is -2.52. The number of piperazine rings is 1. The lowest BCUT2D eigenvalue weighted by Gasteiger charge is -2.42. The smallest absolute Gasteiger partial charge is 0.410 e. The van der Waals surface area contributed by atoms with Gasteiger partial charge < -0.3 is 14.5 Å². The van der Waals surface area contributed by atoms with Crippen LogP contribution in [0.4, 0.5) is 4.79 Å². The lowest BCUT2D eigenvalue weighted by atomic mass is 9.94. The number of hydrogen-bond donors (Lipinski definition) is 0. The summed E-state index contributed by atoms with van der Waals surface area (Å²) in [5.74, 6) is 0.233. The number of carbonyl (C=O) groups excluding carboxylic acids is 2. The normalized spacial score (nSPS) is 22.2. The van der Waals surface area contributed by atoms with E-state index in [4.69, 9.17) is 4.74 Å². The molecule has 2 fully saturated rings. The van der Waals surface area contributed by atoms with Crippen LogP contribution in [0, 0.1) is 5.92 Å². The van der Waals surface area contributed by atoms with Crippen LogP contribution in [0.5, 0.6) is 0 Å². The van der Waals surface area contributed by atoms with E-state index in [2.05, 4.69) is 36.2 Å². The van der Waals surface area contributed by atoms with Gasteiger partial charge in [0.2, 0.25) is 5.91 Å². The van der Waals surface area contributed by atoms with Crippen LogP contribution in [0.3, 0.4) is 0 Å². The Hall–Kier alpha value is -2.08. The molecular formula is C22H33N3O3. The minimum atomic E-state index is -0.490. The van der Waals surface area contributed by atoms with E-state index in [1.54, 1.807) is 4.90 Å². The Morgan fingerprint density at radius 3 is 2.21 bits per heavy atom. The van der Waals surface area contributed by atoms with Crippen LogP contribution >= 0.6 is 0 Å². The van der Waals surface area contributed by atoms with Gasteiger partial charge in [0, 0.05) is 38.6 Å². The van der Waals surface area contributed by atoms with Gasteiger partial charge in [-0.2, -0.15) is 0 Å². The van der Waals surface area contributed by atoms with Crippen molar-refractivity contribution in [1.29, 1.82) is 0 Å². The second-order valence-corrected chi connectivity index (χ2v) is 8.93. The Labute approximate surface area is 168 Å². The van der Waals surface area contributed by atoms with Crippen LogP contribution in [-0.4, -0.2) is 72.1 Å². The summed E-state index contributed by atoms with van der Waals surface area (Å²) in [6, 6.07) is 10.6. The van der Waals surface area contributed by atoms with Crippen molar-refractivity contribution >= 4 is 12.0 Å². The van der Waals surface area contributed by atoms with Crippen LogP contribution in [0.25, 0.3) is 0 Å². The van der Waals surface area contributed by atoms with Crippen molar-refractivity contribution in [2.45, 2.75) is 45.3 Å². The number of ether oxygens (including phenoxy) is 1. The molecule has 3 rings (SSSR count). The van der Waals surface area contributed by atoms with Crippen molar-refractivity contribution in [1.82, 2.24) is 14.7 Å². The molecule has 0 N–H and O–H groups in total. The molecular weight excluding hydrogens is 354 g/mol. The highest BCUT2D eigenvalue weighted by atomic mass is 16.6. The molecule has 0 radical (unpaired) electrons. The monoisotopic (exact) mass is 387 g/mol. The third-order valence-electron chi connectivity index (χ3n) is 5.64. The summed E-state index contributed by atoms with van der Waals surface area (Å²) in [7, 11) is 2.12. The van der Waals surface area contributed by atoms with E-state index >= 15 is 0 Å². The molecule has 1 aromatic rings. The number of rotatable bonds is 2. The molecule has 2 aliphatic heterocycles. The fourth-order valence-electron chi connectivity index (χ4n) is 4.00. The Morgan fingerprint density at radius 2 is 1.61 bits per heavy atom. The second kappa shape index (κ2) is 8.52. The van der Waals surface area contributed by atoms with E-state index in [0.29, 0.717) is 25.9 Å². The third kappa shape index (κ3) is 5.04. The van der Waals surface area contributed by atoms with E-state index in [9.17, 15) is 9.59 Å². The second-order valence-electron chi connectivity index (χ2n) is 8.93. The van der Waals surface area contributed by atoms with Gasteiger partial charge in [-0.15, -0.1) is 0 Å². The van der Waals surface area contributed by atoms with Gasteiger partial charge in [0.15, 0.2) is 0 Å². The number of likely N-dealkylation sites (N-methyl/N-ethyl adjacent to an activating group) is 1. The van der Waals surface area contributed by atoms with Gasteiger partial charge in [-0.1, -0.05) is 30.3 Å². The summed E-state index contributed by atoms with van der Waals surface area (Å²) in [4.78, 5) is 31.4. The molecule has 0 bridgehead atoms. The zero-order valence-electron chi connectivity index (χ0n) is 17.6. The SMILES string of the molecule is CN1CCN(C(=O)C2CCN(C(=O)OC(C)(C)C)CC2)CC1c1ccccc1. The maximum Gasteiger partial charge on any atom is 0.410 e. The maximum atomic E-state index is 13.1. The molecule has 2 heterocycles. The quantitative estimate of drug-likeness (QED) is 0.782. The van der Waals surface area contributed by atoms with Gasteiger partial charge in [-0.25, -0.2) is 4.79 Å². The zero-order valence-corrected chi connectivity index (χ0v) is 17.6. The largest absolute Gasteiger partial charge is 0.444 e. The van der Waals surface area contributed by atoms with E-state index in [-0.39, 0.29) is 24.0 Å². The minimum absolute atomic E-state index is 0.00137. The topological polar surface area (TPSA) is 53.1 Å². The summed E-state index contributed by atoms with van der Waals surface area (Å²) >= 11 is 0. The molecule has 1 aromatic carbocycles. The molecule has 2 saturated heterocycles. The average Bonchev–Trinajstić information content (AvgIpc) is 2.67. The first-order chi connectivity index (χ1) is 13.2. The minimum Gasteiger partial charge on any atom is -0.444 e. The molecule has 154 valence electrons. The molecule has 0 aromatic heterocycles. The summed E-state index contributed by atoms with van der Waals surface area (Å²) in [5.41, 5.74) is 0.762. The fraction of sp³-hybridized carbons (Fsp3) is 0.636. The van der Waals surface area contributed by atoms with E-state index in [1.807, 2.05) is 31.7 Å². The number of benzene rings is 1. The van der Waals surface area contributed by atoms with Crippen LogP contribution in [0.1, 0.15) is 45.2 Å². The molecule has 0 saturated carbocycles. The Morgan fingerprint density at radius 1 is 0.964 bits per heavy atom. The molecule has 2 aliphatic rings. The molecule has 0 aliphatic carbocycles. The van der Waals surface area contributed by atoms with Gasteiger partial charge >= 0.3 is 6.09 Å². The van der Waals surface area contributed by atoms with E-state index in [0.717, 1.165) is 19.6 Å². The molecule has 1 unspecified atom stereocenters. The molecule has 1 atom stereocenters. The van der Waals surface area contributed by atoms with Crippen molar-refractivity contribution in [3.8, 4) is 0 Å². The van der Waals surface area contributed by atoms with Crippen molar-refractivity contribution < 1.29 is 14.3 Å². The van der Waals surface area contributed by atoms with Gasteiger partial charge in [0.25, 0.3) is 0 Å². The van der Waals surface area contributed by atoms with Crippen molar-refractivity contribution in [3.63, 3.8) is 0 Å². The van der Waals surface area contributed by atoms with Crippen LogP contribution in [0.2, 0.25) is 0 Å². The first-order valence-electron chi connectivity index (χ1n) is 10.3. The summed E-state index contributed by atoms with van der Waals surface area (Å²) < 4.78 is 5.45. The number of amides is 2. The summed E-state index contributed by atoms with van der Waals surface area (Å²) in [6.07, 6.45) is 1.14. The van der Waals surface area contributed by atoms with Gasteiger partial charge in [0.1, 0.15) is 5.60 Å². The third-order valence-corrected chi connectivity index (χ3v) is 5.64. The molecule has 6 nitrogen and oxygen atoms in total. The zero-order chi connectivity index (χ0) is 20.3. The maximum absolute atomic E-state index is 13.1. The summed E-state index contributed by atoms with van der Waals surface area (Å²) in [5, 5.41) is 0. The van der Waals surface area contributed by atoms with Crippen molar-refractivity contribution in [3.05, 3.63) is 35.9 Å². The van der Waals surface area contributed by atoms with E-state index < -0.39 is 5.60 Å². The lowest BCUT2D eigenvalue weighted by molar-refractivity contribution is -0.140. The number of likely N-dealkylation sites (tertiary alicyclic amines) is 1. The highest BCUT2D eigenvalue weighted by Gasteiger charge is 2.35. The molecule has 2 amide bonds. The fourth-order valence-corrected chi connectivity index (χ4v) is 4.00. The van der Waals surface area contributed by atoms with Gasteiger partial charge in [-0.05, 0) is 46.2 Å². The Bertz CT molecular complexity index is 678. The number of hydrogen-bond acceptors (Lipinski definition) is 4. The van der Waals surface area contributed by atoms with Crippen LogP contribution < -0.4 is 0 Å². The molecule has 28 heavy (non-hydrogen) atoms. The standard InChI is InChI=1S/C22H33N3O3/c1-22(2,3)28-21(27)24-12-10-18(11-13-24)20(26)25-15-14-23(4)19(16-25)17-8-6-5-7-9-17/h5-9,18-19H,10-16H2,1-4H3. The van der Waals surface area contributed by atoms with Crippen molar-refractivity contribution in [2.24, 2.45) is 5.92 Å². The van der Waals surface area contributed by atoms with Crippen LogP contribution in [-0.2, 0) is 9.53 Å². The first-order valence-corrected chi connectivity index (χ1v) is 10.3. The summed E-state index contributed by atoms with van der Waals surface area (Å²) in [6.45, 7) is 9.16. The van der Waals surface area contributed by atoms with Crippen molar-refractivity contribution in [2.75, 3.05) is 39.8 Å². The highest BCUT2D eigenvalue weighted by molar-refractivity contribution is 5.79. The predicted molar refractivity (Wildman–Crippen MR) is 109 cm³/mol. The Balaban J connectivity index is 1.56. The number of carbonyl (C=O) groups is 2. The highest BCUT2D eigenvalue weighted by Crippen LogP contribution is 2.27. The van der Waals surface area contributed by atoms with E-state index in [1.165, 1.54) is 5.56 Å². The van der Waals surface area contributed by atoms with Crippen LogP contribution in [0.15, 0.2) is 30.3 Å². The Kier molecular flexibility index (Phi) is 6.28. The number of nitrogens with zero attached hydrogens (tertiary/aromatic N) is 3. The van der Waals surface area contributed by atoms with Gasteiger partial charge in [-0.3, -0.25) is 9.69 Å². The molecule has 6 heteroatoms. The number of piperidine rings is 1. The average molecular weight is 388 g/mol. The first kappa shape index (κ1) is 20.6. The predicted octanol–water partition coefficient (Wildman–Crippen LogP) is 3.15. The van der Waals surface area contributed by atoms with Gasteiger partial charge in [0.05, 0.1) is 6.04 Å². The molecule has 0 spiro atoms.